The zero-order valence-electron chi connectivity index (χ0n) is 11.8. The first-order valence-electron chi connectivity index (χ1n) is 6.86. The van der Waals surface area contributed by atoms with Crippen LogP contribution in [0.4, 0.5) is 0 Å². The molecule has 0 aliphatic carbocycles. The summed E-state index contributed by atoms with van der Waals surface area (Å²) in [6, 6.07) is 6.37. The summed E-state index contributed by atoms with van der Waals surface area (Å²) in [5.74, 6) is 0. The fourth-order valence-electron chi connectivity index (χ4n) is 2.26. The number of hydrogen-bond donors (Lipinski definition) is 1. The lowest BCUT2D eigenvalue weighted by molar-refractivity contribution is 0.449. The Labute approximate surface area is 118 Å². The van der Waals surface area contributed by atoms with Crippen molar-refractivity contribution in [1.29, 1.82) is 0 Å². The van der Waals surface area contributed by atoms with Gasteiger partial charge in [-0.25, -0.2) is 4.98 Å². The van der Waals surface area contributed by atoms with Crippen LogP contribution in [0.3, 0.4) is 0 Å². The minimum atomic E-state index is 0.346. The van der Waals surface area contributed by atoms with Gasteiger partial charge < -0.3 is 9.72 Å². The van der Waals surface area contributed by atoms with Crippen molar-refractivity contribution < 1.29 is 0 Å². The molecule has 1 N–H and O–H groups in total. The molecule has 0 bridgehead atoms. The maximum atomic E-state index is 4.57. The summed E-state index contributed by atoms with van der Waals surface area (Å²) in [5.41, 5.74) is 3.23. The third-order valence-electron chi connectivity index (χ3n) is 3.27. The second-order valence-electron chi connectivity index (χ2n) is 5.22. The largest absolute Gasteiger partial charge is 0.307 e. The SMILES string of the molecule is Cc1cnn(CC(C)NCc2cn3ccccc3n2)c1. The van der Waals surface area contributed by atoms with Gasteiger partial charge in [-0.3, -0.25) is 4.68 Å². The van der Waals surface area contributed by atoms with E-state index >= 15 is 0 Å². The minimum absolute atomic E-state index is 0.346. The Hall–Kier alpha value is -2.14. The number of hydrogen-bond acceptors (Lipinski definition) is 3. The van der Waals surface area contributed by atoms with Gasteiger partial charge in [-0.15, -0.1) is 0 Å². The molecule has 3 aromatic heterocycles. The van der Waals surface area contributed by atoms with Crippen LogP contribution >= 0.6 is 0 Å². The number of nitrogens with zero attached hydrogens (tertiary/aromatic N) is 4. The van der Waals surface area contributed by atoms with E-state index in [2.05, 4.69) is 41.6 Å². The Morgan fingerprint density at radius 3 is 2.95 bits per heavy atom. The quantitative estimate of drug-likeness (QED) is 0.771. The summed E-state index contributed by atoms with van der Waals surface area (Å²) in [6.07, 6.45) is 8.02. The Balaban J connectivity index is 1.58. The van der Waals surface area contributed by atoms with Gasteiger partial charge in [0.15, 0.2) is 0 Å². The van der Waals surface area contributed by atoms with Gasteiger partial charge in [0.1, 0.15) is 5.65 Å². The second kappa shape index (κ2) is 5.46. The minimum Gasteiger partial charge on any atom is -0.307 e. The maximum absolute atomic E-state index is 4.57. The van der Waals surface area contributed by atoms with Crippen LogP contribution in [0.2, 0.25) is 0 Å². The highest BCUT2D eigenvalue weighted by Gasteiger charge is 2.06. The molecule has 1 unspecified atom stereocenters. The molecule has 0 saturated heterocycles. The fraction of sp³-hybridized carbons (Fsp3) is 0.333. The van der Waals surface area contributed by atoms with E-state index in [0.717, 1.165) is 24.4 Å². The summed E-state index contributed by atoms with van der Waals surface area (Å²) in [4.78, 5) is 4.57. The van der Waals surface area contributed by atoms with Gasteiger partial charge in [0.05, 0.1) is 18.4 Å². The van der Waals surface area contributed by atoms with Crippen molar-refractivity contribution in [2.75, 3.05) is 0 Å². The van der Waals surface area contributed by atoms with Crippen LogP contribution in [0.25, 0.3) is 5.65 Å². The number of fused-ring (bicyclic) bond motifs is 1. The zero-order valence-corrected chi connectivity index (χ0v) is 11.8. The maximum Gasteiger partial charge on any atom is 0.137 e. The van der Waals surface area contributed by atoms with E-state index in [1.165, 1.54) is 5.56 Å². The number of imidazole rings is 1. The molecule has 20 heavy (non-hydrogen) atoms. The van der Waals surface area contributed by atoms with Crippen molar-refractivity contribution >= 4 is 5.65 Å². The Morgan fingerprint density at radius 1 is 1.30 bits per heavy atom. The first-order valence-corrected chi connectivity index (χ1v) is 6.86. The molecule has 0 spiro atoms. The molecule has 0 radical (unpaired) electrons. The average Bonchev–Trinajstić information content (AvgIpc) is 3.02. The highest BCUT2D eigenvalue weighted by atomic mass is 15.3. The molecule has 0 aliphatic heterocycles. The third-order valence-corrected chi connectivity index (χ3v) is 3.27. The number of nitrogens with one attached hydrogen (secondary N) is 1. The molecule has 104 valence electrons. The van der Waals surface area contributed by atoms with Crippen LogP contribution in [-0.2, 0) is 13.1 Å². The molecule has 0 aliphatic rings. The van der Waals surface area contributed by atoms with Crippen molar-refractivity contribution in [1.82, 2.24) is 24.5 Å². The summed E-state index contributed by atoms with van der Waals surface area (Å²) in [5, 5.41) is 7.78. The molecule has 1 atom stereocenters. The normalized spacial score (nSPS) is 12.9. The molecule has 5 nitrogen and oxygen atoms in total. The van der Waals surface area contributed by atoms with Crippen molar-refractivity contribution in [3.05, 3.63) is 54.2 Å². The Morgan fingerprint density at radius 2 is 2.20 bits per heavy atom. The molecule has 5 heteroatoms. The van der Waals surface area contributed by atoms with Crippen LogP contribution in [0, 0.1) is 6.92 Å². The van der Waals surface area contributed by atoms with E-state index in [9.17, 15) is 0 Å². The van der Waals surface area contributed by atoms with Gasteiger partial charge in [0, 0.05) is 31.2 Å². The van der Waals surface area contributed by atoms with E-state index in [1.54, 1.807) is 0 Å². The van der Waals surface area contributed by atoms with Crippen molar-refractivity contribution in [2.24, 2.45) is 0 Å². The van der Waals surface area contributed by atoms with Gasteiger partial charge in [-0.05, 0) is 31.5 Å². The van der Waals surface area contributed by atoms with E-state index < -0.39 is 0 Å². The summed E-state index contributed by atoms with van der Waals surface area (Å²) >= 11 is 0. The Bertz CT molecular complexity index is 664. The van der Waals surface area contributed by atoms with Gasteiger partial charge in [0.2, 0.25) is 0 Å². The lowest BCUT2D eigenvalue weighted by Crippen LogP contribution is -2.30. The molecule has 0 saturated carbocycles. The molecule has 3 heterocycles. The highest BCUT2D eigenvalue weighted by molar-refractivity contribution is 5.39. The molecular formula is C15H19N5. The first kappa shape index (κ1) is 12.9. The molecule has 0 amide bonds. The Kier molecular flexibility index (Phi) is 3.52. The predicted octanol–water partition coefficient (Wildman–Crippen LogP) is 2.02. The van der Waals surface area contributed by atoms with Crippen LogP contribution in [0.15, 0.2) is 43.0 Å². The number of aromatic nitrogens is 4. The zero-order chi connectivity index (χ0) is 13.9. The topological polar surface area (TPSA) is 47.2 Å². The van der Waals surface area contributed by atoms with Crippen molar-refractivity contribution in [2.45, 2.75) is 33.0 Å². The van der Waals surface area contributed by atoms with E-state index in [4.69, 9.17) is 0 Å². The second-order valence-corrected chi connectivity index (χ2v) is 5.22. The molecular weight excluding hydrogens is 250 g/mol. The van der Waals surface area contributed by atoms with Crippen molar-refractivity contribution in [3.8, 4) is 0 Å². The van der Waals surface area contributed by atoms with E-state index in [1.807, 2.05) is 39.7 Å². The third kappa shape index (κ3) is 2.88. The van der Waals surface area contributed by atoms with Crippen LogP contribution < -0.4 is 5.32 Å². The monoisotopic (exact) mass is 269 g/mol. The summed E-state index contributed by atoms with van der Waals surface area (Å²) < 4.78 is 4.01. The van der Waals surface area contributed by atoms with Gasteiger partial charge in [-0.1, -0.05) is 6.07 Å². The van der Waals surface area contributed by atoms with Gasteiger partial charge in [-0.2, -0.15) is 5.10 Å². The molecule has 0 aromatic carbocycles. The van der Waals surface area contributed by atoms with Crippen molar-refractivity contribution in [3.63, 3.8) is 0 Å². The highest BCUT2D eigenvalue weighted by Crippen LogP contribution is 2.04. The number of rotatable bonds is 5. The molecule has 3 aromatic rings. The molecule has 0 fully saturated rings. The standard InChI is InChI=1S/C15H19N5/c1-12-7-17-20(9-12)10-13(2)16-8-14-11-19-6-4-3-5-15(19)18-14/h3-7,9,11,13,16H,8,10H2,1-2H3. The van der Waals surface area contributed by atoms with Gasteiger partial charge >= 0.3 is 0 Å². The fourth-order valence-corrected chi connectivity index (χ4v) is 2.26. The van der Waals surface area contributed by atoms with E-state index in [0.29, 0.717) is 6.04 Å². The number of aryl methyl sites for hydroxylation is 1. The lowest BCUT2D eigenvalue weighted by Gasteiger charge is -2.12. The molecule has 3 rings (SSSR count). The number of pyridine rings is 1. The van der Waals surface area contributed by atoms with E-state index in [-0.39, 0.29) is 0 Å². The van der Waals surface area contributed by atoms with Crippen LogP contribution in [0.1, 0.15) is 18.2 Å². The van der Waals surface area contributed by atoms with Gasteiger partial charge in [0.25, 0.3) is 0 Å². The summed E-state index contributed by atoms with van der Waals surface area (Å²) in [6.45, 7) is 5.84. The smallest absolute Gasteiger partial charge is 0.137 e. The lowest BCUT2D eigenvalue weighted by atomic mass is 10.3. The first-order chi connectivity index (χ1) is 9.70. The average molecular weight is 269 g/mol. The summed E-state index contributed by atoms with van der Waals surface area (Å²) in [7, 11) is 0. The van der Waals surface area contributed by atoms with Crippen LogP contribution in [0.5, 0.6) is 0 Å². The van der Waals surface area contributed by atoms with Crippen LogP contribution in [-0.4, -0.2) is 25.2 Å². The predicted molar refractivity (Wildman–Crippen MR) is 78.5 cm³/mol.